The molecule has 1 N–H and O–H groups in total. The summed E-state index contributed by atoms with van der Waals surface area (Å²) in [4.78, 5) is 17.7. The van der Waals surface area contributed by atoms with Crippen LogP contribution in [-0.4, -0.2) is 54.6 Å². The topological polar surface area (TPSA) is 40.5 Å². The zero-order valence-corrected chi connectivity index (χ0v) is 18.6. The van der Waals surface area contributed by atoms with Gasteiger partial charge in [0.25, 0.3) is 5.91 Å². The van der Waals surface area contributed by atoms with Crippen molar-refractivity contribution >= 4 is 11.6 Å². The van der Waals surface area contributed by atoms with Crippen LogP contribution in [0.3, 0.4) is 0 Å². The van der Waals surface area contributed by atoms with Gasteiger partial charge < -0.3 is 14.8 Å². The first-order valence-electron chi connectivity index (χ1n) is 11.1. The van der Waals surface area contributed by atoms with Gasteiger partial charge >= 0.3 is 0 Å². The van der Waals surface area contributed by atoms with Crippen molar-refractivity contribution in [2.24, 2.45) is 0 Å². The predicted octanol–water partition coefficient (Wildman–Crippen LogP) is 3.71. The second-order valence-corrected chi connectivity index (χ2v) is 8.28. The third-order valence-corrected chi connectivity index (χ3v) is 6.21. The van der Waals surface area contributed by atoms with Crippen LogP contribution in [0.15, 0.2) is 66.7 Å². The summed E-state index contributed by atoms with van der Waals surface area (Å²) in [6, 6.07) is 23.0. The summed E-state index contributed by atoms with van der Waals surface area (Å²) in [7, 11) is 0. The Bertz CT molecular complexity index is 989. The highest BCUT2D eigenvalue weighted by Gasteiger charge is 2.18. The Morgan fingerprint density at radius 2 is 1.55 bits per heavy atom. The number of anilines is 1. The maximum atomic E-state index is 12.8. The highest BCUT2D eigenvalue weighted by atomic mass is 16.1. The van der Waals surface area contributed by atoms with Crippen molar-refractivity contribution in [2.75, 3.05) is 44.2 Å². The van der Waals surface area contributed by atoms with Crippen LogP contribution in [0.5, 0.6) is 0 Å². The molecule has 31 heavy (non-hydrogen) atoms. The molecule has 1 aliphatic heterocycles. The Kier molecular flexibility index (Phi) is 6.73. The Morgan fingerprint density at radius 1 is 0.903 bits per heavy atom. The number of carbonyl (C=O) groups is 1. The maximum Gasteiger partial charge on any atom is 0.253 e. The molecule has 0 atom stereocenters. The maximum absolute atomic E-state index is 12.8. The summed E-state index contributed by atoms with van der Waals surface area (Å²) >= 11 is 0. The van der Waals surface area contributed by atoms with Crippen molar-refractivity contribution < 1.29 is 4.79 Å². The smallest absolute Gasteiger partial charge is 0.253 e. The molecule has 1 aliphatic rings. The predicted molar refractivity (Wildman–Crippen MR) is 127 cm³/mol. The molecule has 1 amide bonds. The van der Waals surface area contributed by atoms with Crippen molar-refractivity contribution in [3.8, 4) is 0 Å². The lowest BCUT2D eigenvalue weighted by molar-refractivity contribution is 0.0947. The number of hydrogen-bond acceptors (Lipinski definition) is 3. The van der Waals surface area contributed by atoms with Gasteiger partial charge in [-0.25, -0.2) is 0 Å². The van der Waals surface area contributed by atoms with E-state index in [4.69, 9.17) is 0 Å². The Labute approximate surface area is 185 Å². The lowest BCUT2D eigenvalue weighted by Crippen LogP contribution is -2.48. The van der Waals surface area contributed by atoms with E-state index in [1.807, 2.05) is 19.1 Å². The molecule has 2 heterocycles. The average molecular weight is 417 g/mol. The lowest BCUT2D eigenvalue weighted by atomic mass is 10.2. The second-order valence-electron chi connectivity index (χ2n) is 8.28. The van der Waals surface area contributed by atoms with Crippen molar-refractivity contribution in [2.45, 2.75) is 20.4 Å². The van der Waals surface area contributed by atoms with E-state index >= 15 is 0 Å². The summed E-state index contributed by atoms with van der Waals surface area (Å²) in [5.74, 6) is 0.0235. The molecule has 1 aromatic heterocycles. The van der Waals surface area contributed by atoms with E-state index in [9.17, 15) is 4.79 Å². The zero-order chi connectivity index (χ0) is 21.6. The summed E-state index contributed by atoms with van der Waals surface area (Å²) < 4.78 is 2.22. The van der Waals surface area contributed by atoms with Gasteiger partial charge in [0.2, 0.25) is 0 Å². The van der Waals surface area contributed by atoms with Gasteiger partial charge in [-0.3, -0.25) is 9.69 Å². The number of piperazine rings is 1. The summed E-state index contributed by atoms with van der Waals surface area (Å²) in [5.41, 5.74) is 5.45. The molecule has 3 aromatic rings. The standard InChI is InChI=1S/C26H32N4O/c1-21-19-25(22(2)30(21)20-23-9-5-3-6-10-23)26(31)27-13-14-28-15-17-29(18-16-28)24-11-7-4-8-12-24/h3-12,19H,13-18,20H2,1-2H3,(H,27,31). The molecule has 0 radical (unpaired) electrons. The highest BCUT2D eigenvalue weighted by molar-refractivity contribution is 5.95. The lowest BCUT2D eigenvalue weighted by Gasteiger charge is -2.36. The molecule has 5 heteroatoms. The fraction of sp³-hybridized carbons (Fsp3) is 0.346. The van der Waals surface area contributed by atoms with Gasteiger partial charge in [-0.1, -0.05) is 48.5 Å². The third kappa shape index (κ3) is 5.17. The van der Waals surface area contributed by atoms with Gasteiger partial charge in [-0.15, -0.1) is 0 Å². The van der Waals surface area contributed by atoms with E-state index < -0.39 is 0 Å². The molecule has 2 aromatic carbocycles. The van der Waals surface area contributed by atoms with Crippen LogP contribution in [0, 0.1) is 13.8 Å². The molecule has 162 valence electrons. The number of carbonyl (C=O) groups excluding carboxylic acids is 1. The first-order chi connectivity index (χ1) is 15.1. The molecule has 0 unspecified atom stereocenters. The number of rotatable bonds is 7. The van der Waals surface area contributed by atoms with Gasteiger partial charge in [-0.2, -0.15) is 0 Å². The van der Waals surface area contributed by atoms with E-state index in [1.165, 1.54) is 11.3 Å². The number of para-hydroxylation sites is 1. The number of hydrogen-bond donors (Lipinski definition) is 1. The SMILES string of the molecule is Cc1cc(C(=O)NCCN2CCN(c3ccccc3)CC2)c(C)n1Cc1ccccc1. The molecule has 0 bridgehead atoms. The summed E-state index contributed by atoms with van der Waals surface area (Å²) in [6.45, 7) is 10.6. The Balaban J connectivity index is 1.26. The van der Waals surface area contributed by atoms with E-state index in [0.717, 1.165) is 56.2 Å². The largest absolute Gasteiger partial charge is 0.369 e. The normalized spacial score (nSPS) is 14.6. The van der Waals surface area contributed by atoms with Crippen molar-refractivity contribution in [1.82, 2.24) is 14.8 Å². The first-order valence-corrected chi connectivity index (χ1v) is 11.1. The van der Waals surface area contributed by atoms with Crippen LogP contribution in [-0.2, 0) is 6.54 Å². The Morgan fingerprint density at radius 3 is 2.23 bits per heavy atom. The van der Waals surface area contributed by atoms with E-state index in [1.54, 1.807) is 0 Å². The Hall–Kier alpha value is -3.05. The molecule has 1 saturated heterocycles. The molecule has 1 fully saturated rings. The zero-order valence-electron chi connectivity index (χ0n) is 18.6. The minimum Gasteiger partial charge on any atom is -0.369 e. The van der Waals surface area contributed by atoms with Gasteiger partial charge in [-0.05, 0) is 37.6 Å². The van der Waals surface area contributed by atoms with Gasteiger partial charge in [0.15, 0.2) is 0 Å². The van der Waals surface area contributed by atoms with E-state index in [-0.39, 0.29) is 5.91 Å². The van der Waals surface area contributed by atoms with Gasteiger partial charge in [0.05, 0.1) is 5.56 Å². The fourth-order valence-electron chi connectivity index (χ4n) is 4.33. The van der Waals surface area contributed by atoms with E-state index in [0.29, 0.717) is 6.54 Å². The molecular formula is C26H32N4O. The van der Waals surface area contributed by atoms with Crippen LogP contribution in [0.25, 0.3) is 0 Å². The molecule has 0 spiro atoms. The third-order valence-electron chi connectivity index (χ3n) is 6.21. The van der Waals surface area contributed by atoms with Crippen LogP contribution in [0.4, 0.5) is 5.69 Å². The number of amides is 1. The summed E-state index contributed by atoms with van der Waals surface area (Å²) in [6.07, 6.45) is 0. The van der Waals surface area contributed by atoms with Crippen LogP contribution in [0.1, 0.15) is 27.3 Å². The summed E-state index contributed by atoms with van der Waals surface area (Å²) in [5, 5.41) is 3.13. The molecule has 5 nitrogen and oxygen atoms in total. The number of aryl methyl sites for hydroxylation is 1. The van der Waals surface area contributed by atoms with Crippen molar-refractivity contribution in [3.63, 3.8) is 0 Å². The number of aromatic nitrogens is 1. The minimum absolute atomic E-state index is 0.0235. The molecular weight excluding hydrogens is 384 g/mol. The second kappa shape index (κ2) is 9.84. The number of benzene rings is 2. The number of nitrogens with zero attached hydrogens (tertiary/aromatic N) is 3. The van der Waals surface area contributed by atoms with E-state index in [2.05, 4.69) is 81.2 Å². The number of nitrogens with one attached hydrogen (secondary N) is 1. The van der Waals surface area contributed by atoms with Crippen LogP contribution in [0.2, 0.25) is 0 Å². The molecule has 0 saturated carbocycles. The monoisotopic (exact) mass is 416 g/mol. The fourth-order valence-corrected chi connectivity index (χ4v) is 4.33. The highest BCUT2D eigenvalue weighted by Crippen LogP contribution is 2.18. The van der Waals surface area contributed by atoms with Crippen LogP contribution >= 0.6 is 0 Å². The van der Waals surface area contributed by atoms with Crippen LogP contribution < -0.4 is 10.2 Å². The molecule has 4 rings (SSSR count). The molecule has 0 aliphatic carbocycles. The first kappa shape index (κ1) is 21.2. The average Bonchev–Trinajstić information content (AvgIpc) is 3.09. The van der Waals surface area contributed by atoms with Crippen molar-refractivity contribution in [1.29, 1.82) is 0 Å². The van der Waals surface area contributed by atoms with Gasteiger partial charge in [0, 0.05) is 62.9 Å². The van der Waals surface area contributed by atoms with Crippen molar-refractivity contribution in [3.05, 3.63) is 89.2 Å². The quantitative estimate of drug-likeness (QED) is 0.638. The van der Waals surface area contributed by atoms with Gasteiger partial charge in [0.1, 0.15) is 0 Å². The minimum atomic E-state index is 0.0235.